The molecular formula is C13H20N2O. The summed E-state index contributed by atoms with van der Waals surface area (Å²) in [6.45, 7) is 7.95. The summed E-state index contributed by atoms with van der Waals surface area (Å²) >= 11 is 0. The largest absolute Gasteiger partial charge is 0.370 e. The average Bonchev–Trinajstić information content (AvgIpc) is 2.29. The molecule has 88 valence electrons. The number of carbonyl (C=O) groups is 1. The van der Waals surface area contributed by atoms with Gasteiger partial charge >= 0.3 is 0 Å². The lowest BCUT2D eigenvalue weighted by Crippen LogP contribution is -2.25. The Kier molecular flexibility index (Phi) is 4.96. The van der Waals surface area contributed by atoms with Crippen molar-refractivity contribution in [3.63, 3.8) is 0 Å². The zero-order valence-electron chi connectivity index (χ0n) is 10.4. The first kappa shape index (κ1) is 12.7. The standard InChI is InChI=1S/C13H20N2O/c1-4-8-15(9-5-2)12-6-7-13(11(3)16)14-10-12/h6-7,10H,4-5,8-9H2,1-3H3. The number of anilines is 1. The van der Waals surface area contributed by atoms with E-state index in [0.29, 0.717) is 5.69 Å². The molecule has 3 heteroatoms. The highest BCUT2D eigenvalue weighted by molar-refractivity contribution is 5.92. The third-order valence-electron chi connectivity index (χ3n) is 2.46. The van der Waals surface area contributed by atoms with Crippen LogP contribution in [0.3, 0.4) is 0 Å². The third-order valence-corrected chi connectivity index (χ3v) is 2.46. The summed E-state index contributed by atoms with van der Waals surface area (Å²) in [5.41, 5.74) is 1.64. The number of pyridine rings is 1. The van der Waals surface area contributed by atoms with Gasteiger partial charge in [-0.15, -0.1) is 0 Å². The molecule has 0 bridgehead atoms. The molecule has 3 nitrogen and oxygen atoms in total. The molecule has 0 radical (unpaired) electrons. The molecule has 0 aromatic carbocycles. The van der Waals surface area contributed by atoms with E-state index in [0.717, 1.165) is 31.6 Å². The van der Waals surface area contributed by atoms with Crippen molar-refractivity contribution >= 4 is 11.5 Å². The zero-order valence-corrected chi connectivity index (χ0v) is 10.4. The quantitative estimate of drug-likeness (QED) is 0.691. The molecule has 0 unspecified atom stereocenters. The summed E-state index contributed by atoms with van der Waals surface area (Å²) < 4.78 is 0. The minimum Gasteiger partial charge on any atom is -0.370 e. The van der Waals surface area contributed by atoms with Crippen LogP contribution in [0.1, 0.15) is 44.1 Å². The summed E-state index contributed by atoms with van der Waals surface area (Å²) in [7, 11) is 0. The highest BCUT2D eigenvalue weighted by atomic mass is 16.1. The summed E-state index contributed by atoms with van der Waals surface area (Å²) in [4.78, 5) is 17.6. The van der Waals surface area contributed by atoms with Crippen molar-refractivity contribution in [1.29, 1.82) is 0 Å². The number of nitrogens with zero attached hydrogens (tertiary/aromatic N) is 2. The normalized spacial score (nSPS) is 10.2. The molecule has 16 heavy (non-hydrogen) atoms. The van der Waals surface area contributed by atoms with Crippen molar-refractivity contribution in [2.75, 3.05) is 18.0 Å². The molecule has 0 saturated carbocycles. The number of rotatable bonds is 6. The van der Waals surface area contributed by atoms with Crippen LogP contribution in [-0.4, -0.2) is 23.9 Å². The molecule has 0 spiro atoms. The van der Waals surface area contributed by atoms with E-state index in [-0.39, 0.29) is 5.78 Å². The summed E-state index contributed by atoms with van der Waals surface area (Å²) in [5.74, 6) is 0.0177. The van der Waals surface area contributed by atoms with Gasteiger partial charge in [0.25, 0.3) is 0 Å². The van der Waals surface area contributed by atoms with Crippen LogP contribution in [0.2, 0.25) is 0 Å². The Morgan fingerprint density at radius 2 is 1.88 bits per heavy atom. The van der Waals surface area contributed by atoms with Gasteiger partial charge in [-0.25, -0.2) is 0 Å². The van der Waals surface area contributed by atoms with E-state index in [1.807, 2.05) is 6.07 Å². The van der Waals surface area contributed by atoms with E-state index in [2.05, 4.69) is 23.7 Å². The van der Waals surface area contributed by atoms with Gasteiger partial charge in [0.1, 0.15) is 5.69 Å². The van der Waals surface area contributed by atoms with E-state index in [9.17, 15) is 4.79 Å². The van der Waals surface area contributed by atoms with Crippen molar-refractivity contribution in [2.45, 2.75) is 33.6 Å². The SMILES string of the molecule is CCCN(CCC)c1ccc(C(C)=O)nc1. The van der Waals surface area contributed by atoms with Gasteiger partial charge in [-0.05, 0) is 25.0 Å². The van der Waals surface area contributed by atoms with Gasteiger partial charge in [-0.1, -0.05) is 13.8 Å². The number of aromatic nitrogens is 1. The van der Waals surface area contributed by atoms with Crippen LogP contribution in [0.15, 0.2) is 18.3 Å². The highest BCUT2D eigenvalue weighted by Crippen LogP contribution is 2.14. The van der Waals surface area contributed by atoms with Crippen LogP contribution in [0.5, 0.6) is 0 Å². The molecule has 1 aromatic heterocycles. The smallest absolute Gasteiger partial charge is 0.178 e. The zero-order chi connectivity index (χ0) is 12.0. The Morgan fingerprint density at radius 1 is 1.25 bits per heavy atom. The predicted molar refractivity (Wildman–Crippen MR) is 67.0 cm³/mol. The van der Waals surface area contributed by atoms with Crippen molar-refractivity contribution in [2.24, 2.45) is 0 Å². The Hall–Kier alpha value is -1.38. The van der Waals surface area contributed by atoms with Crippen molar-refractivity contribution in [3.05, 3.63) is 24.0 Å². The van der Waals surface area contributed by atoms with Crippen LogP contribution >= 0.6 is 0 Å². The first-order valence-electron chi connectivity index (χ1n) is 5.91. The van der Waals surface area contributed by atoms with E-state index in [1.165, 1.54) is 6.92 Å². The number of carbonyl (C=O) groups excluding carboxylic acids is 1. The summed E-state index contributed by atoms with van der Waals surface area (Å²) in [6, 6.07) is 3.78. The molecule has 0 aliphatic rings. The van der Waals surface area contributed by atoms with Gasteiger partial charge in [0.15, 0.2) is 5.78 Å². The Balaban J connectivity index is 2.80. The maximum absolute atomic E-state index is 11.1. The summed E-state index contributed by atoms with van der Waals surface area (Å²) in [5, 5.41) is 0. The second kappa shape index (κ2) is 6.26. The molecule has 0 saturated heterocycles. The molecule has 0 amide bonds. The molecule has 0 atom stereocenters. The monoisotopic (exact) mass is 220 g/mol. The van der Waals surface area contributed by atoms with Gasteiger partial charge in [0.05, 0.1) is 11.9 Å². The molecule has 0 aliphatic carbocycles. The maximum Gasteiger partial charge on any atom is 0.178 e. The third kappa shape index (κ3) is 3.33. The topological polar surface area (TPSA) is 33.2 Å². The van der Waals surface area contributed by atoms with E-state index >= 15 is 0 Å². The Labute approximate surface area is 97.5 Å². The lowest BCUT2D eigenvalue weighted by molar-refractivity contribution is 0.101. The van der Waals surface area contributed by atoms with Crippen LogP contribution in [0.4, 0.5) is 5.69 Å². The number of hydrogen-bond acceptors (Lipinski definition) is 3. The Bertz CT molecular complexity index is 326. The van der Waals surface area contributed by atoms with E-state index < -0.39 is 0 Å². The van der Waals surface area contributed by atoms with Gasteiger partial charge < -0.3 is 4.90 Å². The van der Waals surface area contributed by atoms with Crippen LogP contribution in [0.25, 0.3) is 0 Å². The predicted octanol–water partition coefficient (Wildman–Crippen LogP) is 2.91. The number of ketones is 1. The minimum absolute atomic E-state index is 0.0177. The van der Waals surface area contributed by atoms with Crippen LogP contribution in [-0.2, 0) is 0 Å². The molecule has 0 N–H and O–H groups in total. The van der Waals surface area contributed by atoms with Crippen molar-refractivity contribution in [3.8, 4) is 0 Å². The fraction of sp³-hybridized carbons (Fsp3) is 0.538. The molecular weight excluding hydrogens is 200 g/mol. The molecule has 1 heterocycles. The first-order chi connectivity index (χ1) is 7.69. The van der Waals surface area contributed by atoms with E-state index in [1.54, 1.807) is 12.3 Å². The van der Waals surface area contributed by atoms with Crippen molar-refractivity contribution < 1.29 is 4.79 Å². The molecule has 1 rings (SSSR count). The molecule has 0 fully saturated rings. The Morgan fingerprint density at radius 3 is 2.25 bits per heavy atom. The summed E-state index contributed by atoms with van der Waals surface area (Å²) in [6.07, 6.45) is 4.03. The maximum atomic E-state index is 11.1. The lowest BCUT2D eigenvalue weighted by Gasteiger charge is -2.23. The van der Waals surface area contributed by atoms with Gasteiger partial charge in [-0.2, -0.15) is 0 Å². The fourth-order valence-electron chi connectivity index (χ4n) is 1.69. The van der Waals surface area contributed by atoms with Crippen LogP contribution in [0, 0.1) is 0 Å². The number of hydrogen-bond donors (Lipinski definition) is 0. The molecule has 0 aliphatic heterocycles. The minimum atomic E-state index is 0.0177. The first-order valence-corrected chi connectivity index (χ1v) is 5.91. The van der Waals surface area contributed by atoms with Gasteiger partial charge in [0, 0.05) is 20.0 Å². The second-order valence-corrected chi connectivity index (χ2v) is 3.94. The van der Waals surface area contributed by atoms with E-state index in [4.69, 9.17) is 0 Å². The average molecular weight is 220 g/mol. The number of Topliss-reactive ketones (excluding diaryl/α,β-unsaturated/α-hetero) is 1. The van der Waals surface area contributed by atoms with Crippen molar-refractivity contribution in [1.82, 2.24) is 4.98 Å². The second-order valence-electron chi connectivity index (χ2n) is 3.94. The highest BCUT2D eigenvalue weighted by Gasteiger charge is 2.06. The van der Waals surface area contributed by atoms with Gasteiger partial charge in [0.2, 0.25) is 0 Å². The molecule has 1 aromatic rings. The van der Waals surface area contributed by atoms with Crippen LogP contribution < -0.4 is 4.90 Å². The fourth-order valence-corrected chi connectivity index (χ4v) is 1.69. The van der Waals surface area contributed by atoms with Gasteiger partial charge in [-0.3, -0.25) is 9.78 Å². The lowest BCUT2D eigenvalue weighted by atomic mass is 10.2.